The van der Waals surface area contributed by atoms with Crippen LogP contribution in [0.4, 0.5) is 0 Å². The molecule has 0 aromatic rings. The van der Waals surface area contributed by atoms with Crippen LogP contribution in [-0.2, 0) is 13.9 Å². The summed E-state index contributed by atoms with van der Waals surface area (Å²) in [5, 5.41) is 36.1. The first-order chi connectivity index (χ1) is 7.19. The SMILES string of the molecule is O=CC(O)C(O)C(O)C(O)COP(=O)(O)O.[NaH].[NaH].[NaH]. The summed E-state index contributed by atoms with van der Waals surface area (Å²) in [4.78, 5) is 26.6. The van der Waals surface area contributed by atoms with Gasteiger partial charge in [-0.2, -0.15) is 0 Å². The van der Waals surface area contributed by atoms with E-state index in [1.165, 1.54) is 0 Å². The Balaban J connectivity index is -0.000000375. The summed E-state index contributed by atoms with van der Waals surface area (Å²) in [5.74, 6) is 0. The van der Waals surface area contributed by atoms with Crippen LogP contribution < -0.4 is 0 Å². The molecular weight excluding hydrogens is 316 g/mol. The van der Waals surface area contributed by atoms with Gasteiger partial charge in [0.2, 0.25) is 0 Å². The molecule has 6 N–H and O–H groups in total. The number of carbonyl (C=O) groups excluding carboxylic acids is 1. The van der Waals surface area contributed by atoms with Gasteiger partial charge < -0.3 is 35.0 Å². The molecule has 0 rings (SSSR count). The first-order valence-corrected chi connectivity index (χ1v) is 5.59. The Morgan fingerprint density at radius 2 is 1.42 bits per heavy atom. The van der Waals surface area contributed by atoms with E-state index in [0.29, 0.717) is 0 Å². The van der Waals surface area contributed by atoms with Gasteiger partial charge >= 0.3 is 96.5 Å². The summed E-state index contributed by atoms with van der Waals surface area (Å²) in [6.07, 6.45) is -7.80. The molecule has 0 fully saturated rings. The van der Waals surface area contributed by atoms with E-state index in [2.05, 4.69) is 4.52 Å². The van der Waals surface area contributed by atoms with E-state index in [1.54, 1.807) is 0 Å². The van der Waals surface area contributed by atoms with Crippen molar-refractivity contribution in [1.82, 2.24) is 0 Å². The van der Waals surface area contributed by atoms with Crippen molar-refractivity contribution < 1.29 is 44.1 Å². The molecule has 13 heteroatoms. The van der Waals surface area contributed by atoms with E-state index < -0.39 is 38.8 Å². The first-order valence-electron chi connectivity index (χ1n) is 4.06. The monoisotopic (exact) mass is 332 g/mol. The molecule has 4 atom stereocenters. The van der Waals surface area contributed by atoms with Gasteiger partial charge in [-0.15, -0.1) is 0 Å². The van der Waals surface area contributed by atoms with Gasteiger partial charge in [-0.25, -0.2) is 4.57 Å². The summed E-state index contributed by atoms with van der Waals surface area (Å²) >= 11 is 0. The Hall–Kier alpha value is 2.62. The molecule has 0 saturated heterocycles. The summed E-state index contributed by atoms with van der Waals surface area (Å²) in [7, 11) is -4.80. The van der Waals surface area contributed by atoms with Gasteiger partial charge in [0.25, 0.3) is 0 Å². The van der Waals surface area contributed by atoms with Crippen LogP contribution in [0.3, 0.4) is 0 Å². The van der Waals surface area contributed by atoms with E-state index in [0.717, 1.165) is 0 Å². The van der Waals surface area contributed by atoms with Crippen molar-refractivity contribution in [3.05, 3.63) is 0 Å². The number of aliphatic hydroxyl groups excluding tert-OH is 4. The van der Waals surface area contributed by atoms with Gasteiger partial charge in [0.05, 0.1) is 6.61 Å². The number of phosphoric ester groups is 1. The molecule has 19 heavy (non-hydrogen) atoms. The van der Waals surface area contributed by atoms with Crippen LogP contribution in [0.25, 0.3) is 0 Å². The third-order valence-electron chi connectivity index (χ3n) is 1.65. The van der Waals surface area contributed by atoms with Crippen molar-refractivity contribution in [2.75, 3.05) is 6.61 Å². The standard InChI is InChI=1S/C6H13O9P.3Na.3H/c7-1-3(8)5(10)6(11)4(9)2-15-16(12,13)14;;;;;;/h1,3-6,8-11H,2H2,(H2,12,13,14);;;;;;. The molecule has 0 aliphatic heterocycles. The van der Waals surface area contributed by atoms with Crippen LogP contribution in [0.5, 0.6) is 0 Å². The quantitative estimate of drug-likeness (QED) is 0.152. The number of aldehydes is 1. The van der Waals surface area contributed by atoms with Gasteiger partial charge in [0.15, 0.2) is 6.29 Å². The van der Waals surface area contributed by atoms with Gasteiger partial charge in [-0.1, -0.05) is 0 Å². The summed E-state index contributed by atoms with van der Waals surface area (Å²) in [6.45, 7) is -0.964. The number of hydrogen-bond acceptors (Lipinski definition) is 7. The van der Waals surface area contributed by atoms with Gasteiger partial charge in [-0.05, 0) is 0 Å². The van der Waals surface area contributed by atoms with Crippen LogP contribution >= 0.6 is 7.82 Å². The zero-order chi connectivity index (χ0) is 12.9. The summed E-state index contributed by atoms with van der Waals surface area (Å²) in [6, 6.07) is 0. The molecular formula is C6H16Na3O9P. The normalized spacial score (nSPS) is 16.7. The second-order valence-electron chi connectivity index (χ2n) is 2.96. The first kappa shape index (κ1) is 29.6. The van der Waals surface area contributed by atoms with E-state index in [-0.39, 0.29) is 95.0 Å². The number of phosphoric acid groups is 1. The Labute approximate surface area is 175 Å². The predicted molar refractivity (Wildman–Crippen MR) is 69.5 cm³/mol. The van der Waals surface area contributed by atoms with E-state index in [9.17, 15) is 9.36 Å². The van der Waals surface area contributed by atoms with Crippen molar-refractivity contribution >= 4 is 103 Å². The second-order valence-corrected chi connectivity index (χ2v) is 4.20. The molecule has 0 bridgehead atoms. The van der Waals surface area contributed by atoms with Gasteiger partial charge in [-0.3, -0.25) is 4.52 Å². The van der Waals surface area contributed by atoms with Crippen LogP contribution in [-0.4, -0.2) is 156 Å². The van der Waals surface area contributed by atoms with Crippen molar-refractivity contribution in [3.8, 4) is 0 Å². The maximum atomic E-state index is 10.2. The summed E-state index contributed by atoms with van der Waals surface area (Å²) in [5.41, 5.74) is 0. The maximum absolute atomic E-state index is 10.2. The Morgan fingerprint density at radius 1 is 1.00 bits per heavy atom. The fraction of sp³-hybridized carbons (Fsp3) is 0.833. The average molecular weight is 332 g/mol. The molecule has 0 radical (unpaired) electrons. The number of aliphatic hydroxyl groups is 4. The predicted octanol–water partition coefficient (Wildman–Crippen LogP) is -5.21. The van der Waals surface area contributed by atoms with Crippen LogP contribution in [0.15, 0.2) is 0 Å². The topological polar surface area (TPSA) is 165 Å². The van der Waals surface area contributed by atoms with E-state index in [1.807, 2.05) is 0 Å². The second kappa shape index (κ2) is 14.2. The summed E-state index contributed by atoms with van der Waals surface area (Å²) < 4.78 is 14.1. The molecule has 0 heterocycles. The third kappa shape index (κ3) is 14.0. The number of rotatable bonds is 7. The molecule has 0 amide bonds. The Morgan fingerprint density at radius 3 is 1.74 bits per heavy atom. The van der Waals surface area contributed by atoms with Crippen LogP contribution in [0, 0.1) is 0 Å². The minimum atomic E-state index is -4.80. The van der Waals surface area contributed by atoms with Crippen LogP contribution in [0.1, 0.15) is 0 Å². The Kier molecular flexibility index (Phi) is 22.2. The zero-order valence-electron chi connectivity index (χ0n) is 7.95. The molecule has 0 spiro atoms. The molecule has 4 unspecified atom stereocenters. The van der Waals surface area contributed by atoms with Gasteiger partial charge in [0.1, 0.15) is 24.4 Å². The fourth-order valence-corrected chi connectivity index (χ4v) is 1.13. The minimum absolute atomic E-state index is 0. The molecule has 0 aliphatic rings. The third-order valence-corrected chi connectivity index (χ3v) is 2.13. The van der Waals surface area contributed by atoms with E-state index >= 15 is 0 Å². The van der Waals surface area contributed by atoms with Crippen molar-refractivity contribution in [2.45, 2.75) is 24.4 Å². The molecule has 0 aromatic heterocycles. The fourth-order valence-electron chi connectivity index (χ4n) is 0.782. The molecule has 9 nitrogen and oxygen atoms in total. The average Bonchev–Trinajstić information content (AvgIpc) is 2.21. The molecule has 0 aromatic carbocycles. The molecule has 102 valence electrons. The van der Waals surface area contributed by atoms with E-state index in [4.69, 9.17) is 30.2 Å². The molecule has 0 aliphatic carbocycles. The van der Waals surface area contributed by atoms with Crippen molar-refractivity contribution in [1.29, 1.82) is 0 Å². The molecule has 0 saturated carbocycles. The number of carbonyl (C=O) groups is 1. The van der Waals surface area contributed by atoms with Crippen LogP contribution in [0.2, 0.25) is 0 Å². The zero-order valence-corrected chi connectivity index (χ0v) is 8.84. The van der Waals surface area contributed by atoms with Gasteiger partial charge in [0, 0.05) is 0 Å². The van der Waals surface area contributed by atoms with Crippen molar-refractivity contribution in [2.24, 2.45) is 0 Å². The number of hydrogen-bond donors (Lipinski definition) is 6. The van der Waals surface area contributed by atoms with Crippen molar-refractivity contribution in [3.63, 3.8) is 0 Å². The Bertz CT molecular complexity index is 275.